The Morgan fingerprint density at radius 1 is 1.00 bits per heavy atom. The smallest absolute Gasteiger partial charge is 0.412 e. The number of carbonyl (C=O) groups excluding carboxylic acids is 3. The molecule has 1 aromatic carbocycles. The number of rotatable bonds is 6. The number of anilines is 1. The summed E-state index contributed by atoms with van der Waals surface area (Å²) in [6, 6.07) is 9.56. The standard InChI is InChI=1S/C25H32N2O6/c1-25(2,3)33-24(30)26-18-12-10-16(11-13-18)19-14-15-20(32-19)22(28)27-21(23(29)31-4)17-8-6-5-7-9-17/h10-15,17,21H,5-9H2,1-4H3,(H,26,30)(H,27,28)/t21-/m0/s1. The van der Waals surface area contributed by atoms with Crippen molar-refractivity contribution >= 4 is 23.7 Å². The Bertz CT molecular complexity index is 968. The van der Waals surface area contributed by atoms with Crippen LogP contribution in [0.4, 0.5) is 10.5 Å². The van der Waals surface area contributed by atoms with Crippen molar-refractivity contribution in [3.05, 3.63) is 42.2 Å². The quantitative estimate of drug-likeness (QED) is 0.583. The van der Waals surface area contributed by atoms with E-state index in [0.717, 1.165) is 37.7 Å². The summed E-state index contributed by atoms with van der Waals surface area (Å²) in [4.78, 5) is 37.0. The van der Waals surface area contributed by atoms with E-state index in [9.17, 15) is 14.4 Å². The molecule has 1 saturated carbocycles. The molecule has 0 bridgehead atoms. The predicted octanol–water partition coefficient (Wildman–Crippen LogP) is 5.15. The molecule has 1 atom stereocenters. The highest BCUT2D eigenvalue weighted by atomic mass is 16.6. The molecule has 2 amide bonds. The summed E-state index contributed by atoms with van der Waals surface area (Å²) in [5.41, 5.74) is 0.727. The van der Waals surface area contributed by atoms with Gasteiger partial charge in [0.2, 0.25) is 0 Å². The summed E-state index contributed by atoms with van der Waals surface area (Å²) in [7, 11) is 1.33. The summed E-state index contributed by atoms with van der Waals surface area (Å²) in [5, 5.41) is 5.47. The molecule has 1 fully saturated rings. The van der Waals surface area contributed by atoms with Gasteiger partial charge in [-0.2, -0.15) is 0 Å². The highest BCUT2D eigenvalue weighted by Gasteiger charge is 2.32. The Morgan fingerprint density at radius 3 is 2.27 bits per heavy atom. The molecule has 2 aromatic rings. The molecule has 8 nitrogen and oxygen atoms in total. The van der Waals surface area contributed by atoms with E-state index in [2.05, 4.69) is 10.6 Å². The zero-order valence-electron chi connectivity index (χ0n) is 19.6. The Morgan fingerprint density at radius 2 is 1.67 bits per heavy atom. The van der Waals surface area contributed by atoms with Crippen LogP contribution >= 0.6 is 0 Å². The van der Waals surface area contributed by atoms with Gasteiger partial charge < -0.3 is 19.2 Å². The summed E-state index contributed by atoms with van der Waals surface area (Å²) >= 11 is 0. The first-order valence-corrected chi connectivity index (χ1v) is 11.3. The Labute approximate surface area is 194 Å². The van der Waals surface area contributed by atoms with Crippen molar-refractivity contribution in [1.82, 2.24) is 5.32 Å². The Hall–Kier alpha value is -3.29. The van der Waals surface area contributed by atoms with Gasteiger partial charge in [-0.3, -0.25) is 10.1 Å². The Balaban J connectivity index is 1.65. The van der Waals surface area contributed by atoms with Crippen molar-refractivity contribution in [2.24, 2.45) is 5.92 Å². The first kappa shape index (κ1) is 24.4. The molecule has 0 aliphatic heterocycles. The number of benzene rings is 1. The summed E-state index contributed by atoms with van der Waals surface area (Å²) in [6.07, 6.45) is 4.45. The van der Waals surface area contributed by atoms with Crippen molar-refractivity contribution < 1.29 is 28.3 Å². The third-order valence-electron chi connectivity index (χ3n) is 5.51. The van der Waals surface area contributed by atoms with Crippen LogP contribution in [-0.4, -0.2) is 36.7 Å². The lowest BCUT2D eigenvalue weighted by molar-refractivity contribution is -0.144. The minimum atomic E-state index is -0.686. The van der Waals surface area contributed by atoms with Crippen LogP contribution in [0.3, 0.4) is 0 Å². The van der Waals surface area contributed by atoms with Gasteiger partial charge in [-0.05, 0) is 75.9 Å². The van der Waals surface area contributed by atoms with E-state index in [1.54, 1.807) is 57.2 Å². The highest BCUT2D eigenvalue weighted by Crippen LogP contribution is 2.28. The molecule has 0 spiro atoms. The largest absolute Gasteiger partial charge is 0.467 e. The zero-order valence-corrected chi connectivity index (χ0v) is 19.6. The molecule has 8 heteroatoms. The normalized spacial score (nSPS) is 15.4. The SMILES string of the molecule is COC(=O)[C@@H](NC(=O)c1ccc(-c2ccc(NC(=O)OC(C)(C)C)cc2)o1)C1CCCCC1. The number of hydrogen-bond acceptors (Lipinski definition) is 6. The molecule has 0 radical (unpaired) electrons. The molecular weight excluding hydrogens is 424 g/mol. The number of ether oxygens (including phenoxy) is 2. The van der Waals surface area contributed by atoms with E-state index in [4.69, 9.17) is 13.9 Å². The van der Waals surface area contributed by atoms with Crippen molar-refractivity contribution in [1.29, 1.82) is 0 Å². The minimum absolute atomic E-state index is 0.0644. The molecule has 1 heterocycles. The lowest BCUT2D eigenvalue weighted by Crippen LogP contribution is -2.47. The van der Waals surface area contributed by atoms with Gasteiger partial charge in [0.15, 0.2) is 5.76 Å². The molecule has 3 rings (SSSR count). The molecule has 1 aliphatic carbocycles. The van der Waals surface area contributed by atoms with Crippen LogP contribution in [0.15, 0.2) is 40.8 Å². The fourth-order valence-electron chi connectivity index (χ4n) is 3.93. The summed E-state index contributed by atoms with van der Waals surface area (Å²) in [6.45, 7) is 5.38. The summed E-state index contributed by atoms with van der Waals surface area (Å²) in [5.74, 6) is -0.211. The van der Waals surface area contributed by atoms with E-state index in [1.807, 2.05) is 0 Å². The second-order valence-electron chi connectivity index (χ2n) is 9.24. The van der Waals surface area contributed by atoms with E-state index in [-0.39, 0.29) is 11.7 Å². The fourth-order valence-corrected chi connectivity index (χ4v) is 3.93. The number of methoxy groups -OCH3 is 1. The van der Waals surface area contributed by atoms with Gasteiger partial charge in [0, 0.05) is 11.3 Å². The van der Waals surface area contributed by atoms with Gasteiger partial charge in [0.05, 0.1) is 7.11 Å². The zero-order chi connectivity index (χ0) is 24.0. The number of amides is 2. The van der Waals surface area contributed by atoms with Crippen molar-refractivity contribution in [3.63, 3.8) is 0 Å². The average molecular weight is 457 g/mol. The van der Waals surface area contributed by atoms with Crippen LogP contribution < -0.4 is 10.6 Å². The lowest BCUT2D eigenvalue weighted by Gasteiger charge is -2.28. The van der Waals surface area contributed by atoms with Crippen molar-refractivity contribution in [3.8, 4) is 11.3 Å². The van der Waals surface area contributed by atoms with Crippen LogP contribution in [0.25, 0.3) is 11.3 Å². The van der Waals surface area contributed by atoms with Gasteiger partial charge in [-0.15, -0.1) is 0 Å². The van der Waals surface area contributed by atoms with Crippen LogP contribution in [0.1, 0.15) is 63.4 Å². The van der Waals surface area contributed by atoms with Gasteiger partial charge >= 0.3 is 12.1 Å². The topological polar surface area (TPSA) is 107 Å². The molecule has 33 heavy (non-hydrogen) atoms. The maximum atomic E-state index is 12.8. The third kappa shape index (κ3) is 6.84. The fraction of sp³-hybridized carbons (Fsp3) is 0.480. The van der Waals surface area contributed by atoms with Crippen molar-refractivity contribution in [2.75, 3.05) is 12.4 Å². The van der Waals surface area contributed by atoms with Gasteiger partial charge in [-0.1, -0.05) is 19.3 Å². The maximum absolute atomic E-state index is 12.8. The van der Waals surface area contributed by atoms with Gasteiger partial charge in [0.1, 0.15) is 17.4 Å². The van der Waals surface area contributed by atoms with E-state index < -0.39 is 29.6 Å². The first-order valence-electron chi connectivity index (χ1n) is 11.3. The van der Waals surface area contributed by atoms with Crippen molar-refractivity contribution in [2.45, 2.75) is 64.5 Å². The first-order chi connectivity index (χ1) is 15.7. The molecule has 0 unspecified atom stereocenters. The van der Waals surface area contributed by atoms with E-state index in [0.29, 0.717) is 11.4 Å². The number of hydrogen-bond donors (Lipinski definition) is 2. The lowest BCUT2D eigenvalue weighted by atomic mass is 9.84. The molecule has 1 aliphatic rings. The molecule has 2 N–H and O–H groups in total. The third-order valence-corrected chi connectivity index (χ3v) is 5.51. The predicted molar refractivity (Wildman–Crippen MR) is 124 cm³/mol. The van der Waals surface area contributed by atoms with Crippen LogP contribution in [-0.2, 0) is 14.3 Å². The van der Waals surface area contributed by atoms with Gasteiger partial charge in [0.25, 0.3) is 5.91 Å². The average Bonchev–Trinajstić information content (AvgIpc) is 3.27. The highest BCUT2D eigenvalue weighted by molar-refractivity contribution is 5.95. The molecule has 0 saturated heterocycles. The van der Waals surface area contributed by atoms with Gasteiger partial charge in [-0.25, -0.2) is 9.59 Å². The summed E-state index contributed by atoms with van der Waals surface area (Å²) < 4.78 is 15.9. The number of furan rings is 1. The van der Waals surface area contributed by atoms with E-state index >= 15 is 0 Å². The Kier molecular flexibility index (Phi) is 7.79. The maximum Gasteiger partial charge on any atom is 0.412 e. The monoisotopic (exact) mass is 456 g/mol. The van der Waals surface area contributed by atoms with Crippen LogP contribution in [0.2, 0.25) is 0 Å². The molecular formula is C25H32N2O6. The molecule has 1 aromatic heterocycles. The number of carbonyl (C=O) groups is 3. The second kappa shape index (κ2) is 10.6. The van der Waals surface area contributed by atoms with E-state index in [1.165, 1.54) is 7.11 Å². The van der Waals surface area contributed by atoms with Crippen LogP contribution in [0, 0.1) is 5.92 Å². The number of nitrogens with one attached hydrogen (secondary N) is 2. The second-order valence-corrected chi connectivity index (χ2v) is 9.24. The molecule has 178 valence electrons. The number of esters is 1. The van der Waals surface area contributed by atoms with Crippen LogP contribution in [0.5, 0.6) is 0 Å². The minimum Gasteiger partial charge on any atom is -0.467 e.